The zero-order valence-electron chi connectivity index (χ0n) is 10.7. The van der Waals surface area contributed by atoms with Crippen molar-refractivity contribution in [2.75, 3.05) is 11.9 Å². The molecule has 0 saturated carbocycles. The Balaban J connectivity index is 3.13. The molecule has 1 aromatic heterocycles. The summed E-state index contributed by atoms with van der Waals surface area (Å²) in [4.78, 5) is 6.25. The maximum absolute atomic E-state index is 6.14. The number of pyridine rings is 1. The fourth-order valence-electron chi connectivity index (χ4n) is 1.45. The van der Waals surface area contributed by atoms with E-state index < -0.39 is 0 Å². The van der Waals surface area contributed by atoms with E-state index in [2.05, 4.69) is 32.7 Å². The zero-order chi connectivity index (χ0) is 13.4. The quantitative estimate of drug-likeness (QED) is 0.720. The molecule has 5 heteroatoms. The summed E-state index contributed by atoms with van der Waals surface area (Å²) in [6.07, 6.45) is 0. The Labute approximate surface area is 118 Å². The van der Waals surface area contributed by atoms with Crippen molar-refractivity contribution in [2.24, 2.45) is 5.41 Å². The van der Waals surface area contributed by atoms with Crippen LogP contribution in [-0.2, 0) is 0 Å². The monoisotopic (exact) mass is 294 g/mol. The Hall–Kier alpha value is -0.180. The van der Waals surface area contributed by atoms with E-state index in [9.17, 15) is 0 Å². The van der Waals surface area contributed by atoms with Gasteiger partial charge in [-0.25, -0.2) is 4.98 Å². The molecule has 0 amide bonds. The highest BCUT2D eigenvalue weighted by atomic mass is 35.5. The minimum Gasteiger partial charge on any atom is -0.355 e. The number of hydrogen-bond donors (Lipinski definition) is 0. The smallest absolute Gasteiger partial charge is 0.150 e. The SMILES string of the molecule is CC(N(C)c1nc(Cl)c(Cl)cc1Cl)C(C)(C)C. The van der Waals surface area contributed by atoms with E-state index in [0.29, 0.717) is 15.9 Å². The Morgan fingerprint density at radius 1 is 1.18 bits per heavy atom. The highest BCUT2D eigenvalue weighted by Crippen LogP contribution is 2.34. The average molecular weight is 296 g/mol. The van der Waals surface area contributed by atoms with Crippen LogP contribution in [0.25, 0.3) is 0 Å². The van der Waals surface area contributed by atoms with Gasteiger partial charge in [0.1, 0.15) is 11.0 Å². The van der Waals surface area contributed by atoms with Crippen LogP contribution in [-0.4, -0.2) is 18.1 Å². The number of halogens is 3. The second-order valence-corrected chi connectivity index (χ2v) is 6.39. The Kier molecular flexibility index (Phi) is 4.56. The van der Waals surface area contributed by atoms with Crippen molar-refractivity contribution in [2.45, 2.75) is 33.7 Å². The van der Waals surface area contributed by atoms with Crippen LogP contribution in [0.1, 0.15) is 27.7 Å². The van der Waals surface area contributed by atoms with Crippen molar-refractivity contribution >= 4 is 40.6 Å². The number of anilines is 1. The van der Waals surface area contributed by atoms with Gasteiger partial charge in [0.2, 0.25) is 0 Å². The van der Waals surface area contributed by atoms with Gasteiger partial charge in [0.25, 0.3) is 0 Å². The standard InChI is InChI=1S/C12H17Cl3N2/c1-7(12(2,3)4)17(5)11-9(14)6-8(13)10(15)16-11/h6-7H,1-5H3. The summed E-state index contributed by atoms with van der Waals surface area (Å²) in [5, 5.41) is 1.16. The number of hydrogen-bond acceptors (Lipinski definition) is 2. The van der Waals surface area contributed by atoms with Crippen LogP contribution in [0.5, 0.6) is 0 Å². The lowest BCUT2D eigenvalue weighted by Gasteiger charge is -2.36. The first kappa shape index (κ1) is 14.9. The van der Waals surface area contributed by atoms with Crippen LogP contribution in [0.2, 0.25) is 15.2 Å². The second-order valence-electron chi connectivity index (χ2n) is 5.22. The van der Waals surface area contributed by atoms with Gasteiger partial charge in [-0.1, -0.05) is 55.6 Å². The van der Waals surface area contributed by atoms with Crippen LogP contribution in [0, 0.1) is 5.41 Å². The molecule has 0 spiro atoms. The van der Waals surface area contributed by atoms with Crippen LogP contribution >= 0.6 is 34.8 Å². The minimum atomic E-state index is 0.117. The van der Waals surface area contributed by atoms with E-state index in [1.807, 2.05) is 11.9 Å². The van der Waals surface area contributed by atoms with Crippen LogP contribution in [0.3, 0.4) is 0 Å². The Morgan fingerprint density at radius 2 is 1.71 bits per heavy atom. The van der Waals surface area contributed by atoms with Gasteiger partial charge in [0.15, 0.2) is 0 Å². The van der Waals surface area contributed by atoms with E-state index >= 15 is 0 Å². The molecule has 1 atom stereocenters. The predicted molar refractivity (Wildman–Crippen MR) is 76.6 cm³/mol. The summed E-state index contributed by atoms with van der Waals surface area (Å²) in [6, 6.07) is 1.89. The average Bonchev–Trinajstić information content (AvgIpc) is 2.20. The molecule has 0 N–H and O–H groups in total. The molecule has 1 heterocycles. The van der Waals surface area contributed by atoms with Gasteiger partial charge in [-0.2, -0.15) is 0 Å². The first-order valence-electron chi connectivity index (χ1n) is 5.39. The zero-order valence-corrected chi connectivity index (χ0v) is 13.0. The fourth-order valence-corrected chi connectivity index (χ4v) is 2.07. The molecule has 0 aliphatic rings. The molecule has 0 aliphatic heterocycles. The lowest BCUT2D eigenvalue weighted by molar-refractivity contribution is 0.328. The van der Waals surface area contributed by atoms with Crippen LogP contribution in [0.4, 0.5) is 5.82 Å². The van der Waals surface area contributed by atoms with E-state index in [4.69, 9.17) is 34.8 Å². The van der Waals surface area contributed by atoms with Crippen molar-refractivity contribution in [3.05, 3.63) is 21.3 Å². The highest BCUT2D eigenvalue weighted by Gasteiger charge is 2.26. The third kappa shape index (κ3) is 3.40. The molecule has 96 valence electrons. The summed E-state index contributed by atoms with van der Waals surface area (Å²) in [6.45, 7) is 8.62. The summed E-state index contributed by atoms with van der Waals surface area (Å²) < 4.78 is 0. The summed E-state index contributed by atoms with van der Waals surface area (Å²) in [7, 11) is 1.95. The van der Waals surface area contributed by atoms with E-state index in [0.717, 1.165) is 0 Å². The molecule has 2 nitrogen and oxygen atoms in total. The molecule has 0 aromatic carbocycles. The maximum atomic E-state index is 6.14. The largest absolute Gasteiger partial charge is 0.355 e. The molecule has 0 saturated heterocycles. The fraction of sp³-hybridized carbons (Fsp3) is 0.583. The summed E-state index contributed by atoms with van der Waals surface area (Å²) >= 11 is 17.9. The molecular weight excluding hydrogens is 279 g/mol. The molecule has 1 unspecified atom stereocenters. The number of aromatic nitrogens is 1. The van der Waals surface area contributed by atoms with Gasteiger partial charge in [0, 0.05) is 13.1 Å². The number of nitrogens with zero attached hydrogens (tertiary/aromatic N) is 2. The van der Waals surface area contributed by atoms with Gasteiger partial charge in [0.05, 0.1) is 10.0 Å². The molecule has 0 radical (unpaired) electrons. The van der Waals surface area contributed by atoms with Gasteiger partial charge in [-0.3, -0.25) is 0 Å². The first-order valence-corrected chi connectivity index (χ1v) is 6.52. The van der Waals surface area contributed by atoms with Gasteiger partial charge in [-0.05, 0) is 18.4 Å². The van der Waals surface area contributed by atoms with Gasteiger partial charge >= 0.3 is 0 Å². The lowest BCUT2D eigenvalue weighted by Crippen LogP contribution is -2.40. The summed E-state index contributed by atoms with van der Waals surface area (Å²) in [5.74, 6) is 0.656. The predicted octanol–water partition coefficient (Wildman–Crippen LogP) is 4.91. The second kappa shape index (κ2) is 5.21. The first-order chi connectivity index (χ1) is 7.64. The minimum absolute atomic E-state index is 0.117. The molecular formula is C12H17Cl3N2. The lowest BCUT2D eigenvalue weighted by atomic mass is 9.87. The highest BCUT2D eigenvalue weighted by molar-refractivity contribution is 6.42. The van der Waals surface area contributed by atoms with Crippen molar-refractivity contribution in [3.8, 4) is 0 Å². The summed E-state index contributed by atoms with van der Waals surface area (Å²) in [5.41, 5.74) is 0.117. The number of rotatable bonds is 2. The maximum Gasteiger partial charge on any atom is 0.150 e. The topological polar surface area (TPSA) is 16.1 Å². The molecule has 0 bridgehead atoms. The van der Waals surface area contributed by atoms with Crippen LogP contribution in [0.15, 0.2) is 6.07 Å². The molecule has 1 aromatic rings. The van der Waals surface area contributed by atoms with Gasteiger partial charge < -0.3 is 4.90 Å². The Morgan fingerprint density at radius 3 is 2.18 bits per heavy atom. The van der Waals surface area contributed by atoms with Gasteiger partial charge in [-0.15, -0.1) is 0 Å². The molecule has 0 aliphatic carbocycles. The third-order valence-corrected chi connectivity index (χ3v) is 3.99. The third-order valence-electron chi connectivity index (χ3n) is 3.04. The van der Waals surface area contributed by atoms with E-state index in [1.165, 1.54) is 0 Å². The molecule has 1 rings (SSSR count). The Bertz CT molecular complexity index is 413. The van der Waals surface area contributed by atoms with E-state index in [-0.39, 0.29) is 16.6 Å². The normalized spacial score (nSPS) is 13.6. The van der Waals surface area contributed by atoms with Crippen LogP contribution < -0.4 is 4.90 Å². The van der Waals surface area contributed by atoms with Crippen molar-refractivity contribution in [1.29, 1.82) is 0 Å². The van der Waals surface area contributed by atoms with E-state index in [1.54, 1.807) is 6.07 Å². The van der Waals surface area contributed by atoms with Crippen molar-refractivity contribution in [3.63, 3.8) is 0 Å². The molecule has 17 heavy (non-hydrogen) atoms. The van der Waals surface area contributed by atoms with Crippen molar-refractivity contribution in [1.82, 2.24) is 4.98 Å². The molecule has 0 fully saturated rings. The van der Waals surface area contributed by atoms with Crippen molar-refractivity contribution < 1.29 is 0 Å².